The zero-order chi connectivity index (χ0) is 32.5. The number of hydrogen-bond donors (Lipinski definition) is 0. The highest BCUT2D eigenvalue weighted by molar-refractivity contribution is 5.93. The van der Waals surface area contributed by atoms with Crippen molar-refractivity contribution < 1.29 is 46.1 Å². The summed E-state index contributed by atoms with van der Waals surface area (Å²) in [6, 6.07) is 10.5. The van der Waals surface area contributed by atoms with Crippen molar-refractivity contribution in [1.29, 1.82) is 0 Å². The van der Waals surface area contributed by atoms with Gasteiger partial charge in [-0.1, -0.05) is 6.07 Å². The van der Waals surface area contributed by atoms with Gasteiger partial charge in [-0.15, -0.1) is 0 Å². The first-order valence-corrected chi connectivity index (χ1v) is 14.1. The molecule has 1 aromatic heterocycles. The number of rotatable bonds is 8. The van der Waals surface area contributed by atoms with Crippen LogP contribution in [0.15, 0.2) is 51.7 Å². The van der Waals surface area contributed by atoms with Gasteiger partial charge in [-0.05, 0) is 73.9 Å². The number of morpholine rings is 1. The van der Waals surface area contributed by atoms with Gasteiger partial charge in [-0.25, -0.2) is 4.79 Å². The van der Waals surface area contributed by atoms with Crippen molar-refractivity contribution in [3.05, 3.63) is 86.3 Å². The number of nitrogens with zero attached hydrogens (tertiary/aromatic N) is 1. The topological polar surface area (TPSA) is 96.7 Å². The van der Waals surface area contributed by atoms with E-state index in [1.165, 1.54) is 44.6 Å². The molecule has 0 unspecified atom stereocenters. The number of hydrogen-bond acceptors (Lipinski definition) is 9. The number of carbonyl (C=O) groups is 1. The third-order valence-electron chi connectivity index (χ3n) is 7.62. The molecule has 1 saturated heterocycles. The second-order valence-electron chi connectivity index (χ2n) is 10.7. The normalized spacial score (nSPS) is 14.0. The number of carbonyl (C=O) groups excluding carboxylic acids is 1. The molecule has 45 heavy (non-hydrogen) atoms. The minimum absolute atomic E-state index is 0.0197. The summed E-state index contributed by atoms with van der Waals surface area (Å²) in [5, 5.41) is -0.158. The largest absolute Gasteiger partial charge is 0.493 e. The van der Waals surface area contributed by atoms with Crippen molar-refractivity contribution in [2.24, 2.45) is 0 Å². The van der Waals surface area contributed by atoms with Crippen LogP contribution < -0.4 is 24.4 Å². The van der Waals surface area contributed by atoms with Gasteiger partial charge in [0.25, 0.3) is 5.76 Å². The Morgan fingerprint density at radius 3 is 2.27 bits per heavy atom. The molecule has 0 aliphatic carbocycles. The highest BCUT2D eigenvalue weighted by Crippen LogP contribution is 2.41. The van der Waals surface area contributed by atoms with Gasteiger partial charge in [0.2, 0.25) is 11.2 Å². The number of alkyl halides is 3. The molecular weight excluding hydrogens is 595 g/mol. The Morgan fingerprint density at radius 2 is 1.60 bits per heavy atom. The van der Waals surface area contributed by atoms with Crippen LogP contribution in [0.2, 0.25) is 0 Å². The molecule has 238 valence electrons. The van der Waals surface area contributed by atoms with Gasteiger partial charge in [0.1, 0.15) is 17.1 Å². The van der Waals surface area contributed by atoms with E-state index in [1.54, 1.807) is 26.8 Å². The highest BCUT2D eigenvalue weighted by atomic mass is 19.4. The molecular formula is C33H32F3NO8. The first-order valence-electron chi connectivity index (χ1n) is 14.1. The number of fused-ring (bicyclic) bond motifs is 1. The molecule has 9 nitrogen and oxygen atoms in total. The zero-order valence-corrected chi connectivity index (χ0v) is 25.4. The lowest BCUT2D eigenvalue weighted by atomic mass is 10.1. The molecule has 0 radical (unpaired) electrons. The number of esters is 1. The molecule has 0 N–H and O–H groups in total. The van der Waals surface area contributed by atoms with Gasteiger partial charge in [0, 0.05) is 19.6 Å². The minimum Gasteiger partial charge on any atom is -0.493 e. The Kier molecular flexibility index (Phi) is 9.08. The molecule has 0 spiro atoms. The van der Waals surface area contributed by atoms with Crippen LogP contribution in [-0.2, 0) is 17.5 Å². The third-order valence-corrected chi connectivity index (χ3v) is 7.62. The van der Waals surface area contributed by atoms with Crippen molar-refractivity contribution in [3.8, 4) is 28.7 Å². The smallest absolute Gasteiger partial charge is 0.453 e. The Balaban J connectivity index is 1.66. The second kappa shape index (κ2) is 12.8. The summed E-state index contributed by atoms with van der Waals surface area (Å²) in [6.07, 6.45) is -5.09. The molecule has 4 aromatic rings. The van der Waals surface area contributed by atoms with Crippen molar-refractivity contribution in [1.82, 2.24) is 4.90 Å². The van der Waals surface area contributed by atoms with Gasteiger partial charge < -0.3 is 28.1 Å². The summed E-state index contributed by atoms with van der Waals surface area (Å²) in [4.78, 5) is 28.9. The van der Waals surface area contributed by atoms with Crippen LogP contribution in [0, 0.1) is 20.8 Å². The molecule has 1 aliphatic rings. The van der Waals surface area contributed by atoms with Gasteiger partial charge in [-0.3, -0.25) is 9.69 Å². The maximum Gasteiger partial charge on any atom is 0.453 e. The number of benzene rings is 3. The summed E-state index contributed by atoms with van der Waals surface area (Å²) in [5.74, 6) is -2.65. The van der Waals surface area contributed by atoms with Crippen LogP contribution in [0.3, 0.4) is 0 Å². The molecule has 0 bridgehead atoms. The summed E-state index contributed by atoms with van der Waals surface area (Å²) in [5.41, 5.74) is 0.954. The van der Waals surface area contributed by atoms with Gasteiger partial charge >= 0.3 is 12.1 Å². The molecule has 2 heterocycles. The van der Waals surface area contributed by atoms with Crippen LogP contribution in [0.4, 0.5) is 13.2 Å². The molecule has 0 amide bonds. The van der Waals surface area contributed by atoms with E-state index in [-0.39, 0.29) is 45.9 Å². The van der Waals surface area contributed by atoms with E-state index < -0.39 is 29.1 Å². The van der Waals surface area contributed by atoms with E-state index in [0.717, 1.165) is 11.1 Å². The zero-order valence-electron chi connectivity index (χ0n) is 25.4. The monoisotopic (exact) mass is 627 g/mol. The second-order valence-corrected chi connectivity index (χ2v) is 10.7. The molecule has 1 aliphatic heterocycles. The predicted molar refractivity (Wildman–Crippen MR) is 159 cm³/mol. The molecule has 3 aromatic carbocycles. The summed E-state index contributed by atoms with van der Waals surface area (Å²) < 4.78 is 76.4. The highest BCUT2D eigenvalue weighted by Gasteiger charge is 2.41. The van der Waals surface area contributed by atoms with Gasteiger partial charge in [0.05, 0.1) is 43.9 Å². The van der Waals surface area contributed by atoms with Crippen LogP contribution in [0.5, 0.6) is 28.7 Å². The average molecular weight is 628 g/mol. The number of halogens is 3. The fourth-order valence-corrected chi connectivity index (χ4v) is 5.13. The molecule has 0 atom stereocenters. The Bertz CT molecular complexity index is 1810. The maximum atomic E-state index is 14.5. The SMILES string of the molecule is COc1ccc(C(=O)Oc2ccc3c(=O)c(Oc4cc(C)cc(C)c4C)c(C(F)(F)F)oc3c2CN2CCOCC2)cc1OC. The number of aryl methyl sites for hydroxylation is 2. The first kappa shape index (κ1) is 31.9. The average Bonchev–Trinajstić information content (AvgIpc) is 3.01. The van der Waals surface area contributed by atoms with E-state index in [4.69, 9.17) is 28.1 Å². The van der Waals surface area contributed by atoms with E-state index >= 15 is 0 Å². The summed E-state index contributed by atoms with van der Waals surface area (Å²) in [6.45, 7) is 7.01. The van der Waals surface area contributed by atoms with Crippen molar-refractivity contribution in [3.63, 3.8) is 0 Å². The van der Waals surface area contributed by atoms with Crippen molar-refractivity contribution >= 4 is 16.9 Å². The van der Waals surface area contributed by atoms with E-state index in [1.807, 2.05) is 11.0 Å². The number of ether oxygens (including phenoxy) is 5. The molecule has 1 fully saturated rings. The Labute approximate surface area is 257 Å². The van der Waals surface area contributed by atoms with Gasteiger partial charge in [-0.2, -0.15) is 13.2 Å². The fourth-order valence-electron chi connectivity index (χ4n) is 5.13. The minimum atomic E-state index is -5.09. The van der Waals surface area contributed by atoms with Gasteiger partial charge in [0.15, 0.2) is 11.5 Å². The standard InChI is InChI=1S/C33H32F3NO8/c1-18-14-19(2)20(3)26(15-18)43-30-28(38)22-7-9-24(44-32(39)21-6-8-25(40-4)27(16-21)41-5)23(17-37-10-12-42-13-11-37)29(22)45-31(30)33(34,35)36/h6-9,14-16H,10-13,17H2,1-5H3. The Morgan fingerprint density at radius 1 is 0.911 bits per heavy atom. The third kappa shape index (κ3) is 6.62. The first-order chi connectivity index (χ1) is 21.4. The quantitative estimate of drug-likeness (QED) is 0.158. The van der Waals surface area contributed by atoms with E-state index in [9.17, 15) is 22.8 Å². The summed E-state index contributed by atoms with van der Waals surface area (Å²) >= 11 is 0. The fraction of sp³-hybridized carbons (Fsp3) is 0.333. The van der Waals surface area contributed by atoms with Crippen LogP contribution in [-0.4, -0.2) is 51.4 Å². The lowest BCUT2D eigenvalue weighted by Crippen LogP contribution is -2.36. The lowest BCUT2D eigenvalue weighted by molar-refractivity contribution is -0.154. The summed E-state index contributed by atoms with van der Waals surface area (Å²) in [7, 11) is 2.86. The molecule has 5 rings (SSSR count). The van der Waals surface area contributed by atoms with Crippen LogP contribution in [0.1, 0.15) is 38.4 Å². The molecule has 12 heteroatoms. The Hall–Kier alpha value is -4.55. The van der Waals surface area contributed by atoms with Crippen molar-refractivity contribution in [2.45, 2.75) is 33.5 Å². The van der Waals surface area contributed by atoms with Crippen LogP contribution in [0.25, 0.3) is 11.0 Å². The predicted octanol–water partition coefficient (Wildman–Crippen LogP) is 6.60. The molecule has 0 saturated carbocycles. The number of methoxy groups -OCH3 is 2. The maximum absolute atomic E-state index is 14.5. The van der Waals surface area contributed by atoms with E-state index in [0.29, 0.717) is 37.6 Å². The lowest BCUT2D eigenvalue weighted by Gasteiger charge is -2.27. The van der Waals surface area contributed by atoms with Crippen molar-refractivity contribution in [2.75, 3.05) is 40.5 Å². The van der Waals surface area contributed by atoms with Crippen LogP contribution >= 0.6 is 0 Å². The van der Waals surface area contributed by atoms with E-state index in [2.05, 4.69) is 0 Å².